The number of hydrogen-bond donors (Lipinski definition) is 0. The highest BCUT2D eigenvalue weighted by molar-refractivity contribution is 6.21. The fourth-order valence-electron chi connectivity index (χ4n) is 7.53. The SMILES string of the molecule is c1ccc(-n2c(-c3c4ccccc4c(-c4cccc(-c5cccc6c5oc5ccccc56)c4)c4ccccc34)nc3ccccc32)cc1. The standard InChI is InChI=1S/C45H28N2O/c1-2-16-31(17-3-1)47-40-26-10-9-25-39(40)46-45(47)43-36-21-6-4-19-34(36)42(35-20-5-7-22-37(35)43)30-15-12-14-29(28-30)32-23-13-24-38-33-18-8-11-27-41(33)48-44(32)38/h1-28H. The van der Waals surface area contributed by atoms with E-state index in [2.05, 4.69) is 162 Å². The zero-order valence-corrected chi connectivity index (χ0v) is 26.0. The summed E-state index contributed by atoms with van der Waals surface area (Å²) in [5, 5.41) is 7.00. The van der Waals surface area contributed by atoms with Crippen LogP contribution in [0.3, 0.4) is 0 Å². The molecule has 0 saturated carbocycles. The number of aromatic nitrogens is 2. The molecule has 0 unspecified atom stereocenters. The molecule has 10 rings (SSSR count). The average Bonchev–Trinajstić information content (AvgIpc) is 3.73. The van der Waals surface area contributed by atoms with Gasteiger partial charge in [-0.2, -0.15) is 0 Å². The monoisotopic (exact) mass is 612 g/mol. The maximum absolute atomic E-state index is 6.45. The van der Waals surface area contributed by atoms with Crippen molar-refractivity contribution in [3.8, 4) is 39.3 Å². The summed E-state index contributed by atoms with van der Waals surface area (Å²) in [7, 11) is 0. The highest BCUT2D eigenvalue weighted by atomic mass is 16.3. The van der Waals surface area contributed by atoms with Gasteiger partial charge >= 0.3 is 0 Å². The Bertz CT molecular complexity index is 2780. The number of benzene rings is 8. The van der Waals surface area contributed by atoms with Crippen LogP contribution >= 0.6 is 0 Å². The van der Waals surface area contributed by atoms with Gasteiger partial charge in [0.1, 0.15) is 17.0 Å². The maximum Gasteiger partial charge on any atom is 0.146 e. The molecule has 0 spiro atoms. The van der Waals surface area contributed by atoms with Crippen LogP contribution in [0.5, 0.6) is 0 Å². The molecule has 0 amide bonds. The summed E-state index contributed by atoms with van der Waals surface area (Å²) in [6.07, 6.45) is 0. The fraction of sp³-hybridized carbons (Fsp3) is 0. The smallest absolute Gasteiger partial charge is 0.146 e. The molecule has 3 nitrogen and oxygen atoms in total. The number of hydrogen-bond acceptors (Lipinski definition) is 2. The van der Waals surface area contributed by atoms with Crippen molar-refractivity contribution < 1.29 is 4.42 Å². The lowest BCUT2D eigenvalue weighted by Crippen LogP contribution is -1.99. The van der Waals surface area contributed by atoms with E-state index < -0.39 is 0 Å². The Morgan fingerprint density at radius 2 is 1.02 bits per heavy atom. The van der Waals surface area contributed by atoms with Gasteiger partial charge in [0.2, 0.25) is 0 Å². The summed E-state index contributed by atoms with van der Waals surface area (Å²) in [6.45, 7) is 0. The molecule has 2 heterocycles. The van der Waals surface area contributed by atoms with Crippen LogP contribution in [0.25, 0.3) is 93.8 Å². The molecular weight excluding hydrogens is 585 g/mol. The second-order valence-electron chi connectivity index (χ2n) is 12.3. The molecule has 0 N–H and O–H groups in total. The Hall–Kier alpha value is -6.45. The molecule has 0 fully saturated rings. The molecule has 0 saturated heterocycles. The van der Waals surface area contributed by atoms with Crippen LogP contribution in [-0.2, 0) is 0 Å². The summed E-state index contributed by atoms with van der Waals surface area (Å²) >= 11 is 0. The molecule has 3 heteroatoms. The van der Waals surface area contributed by atoms with Crippen molar-refractivity contribution >= 4 is 54.5 Å². The molecule has 8 aromatic carbocycles. The molecule has 2 aromatic heterocycles. The third kappa shape index (κ3) is 3.98. The van der Waals surface area contributed by atoms with E-state index in [0.29, 0.717) is 0 Å². The first-order valence-corrected chi connectivity index (χ1v) is 16.3. The van der Waals surface area contributed by atoms with E-state index in [0.717, 1.165) is 66.7 Å². The number of rotatable bonds is 4. The van der Waals surface area contributed by atoms with Crippen molar-refractivity contribution in [3.63, 3.8) is 0 Å². The van der Waals surface area contributed by atoms with Gasteiger partial charge in [0.25, 0.3) is 0 Å². The van der Waals surface area contributed by atoms with Crippen molar-refractivity contribution in [1.29, 1.82) is 0 Å². The van der Waals surface area contributed by atoms with Crippen molar-refractivity contribution in [3.05, 3.63) is 170 Å². The minimum Gasteiger partial charge on any atom is -0.455 e. The first-order valence-electron chi connectivity index (χ1n) is 16.3. The Morgan fingerprint density at radius 3 is 1.79 bits per heavy atom. The number of fused-ring (bicyclic) bond motifs is 6. The van der Waals surface area contributed by atoms with Gasteiger partial charge in [-0.05, 0) is 74.6 Å². The van der Waals surface area contributed by atoms with Gasteiger partial charge in [0, 0.05) is 27.6 Å². The van der Waals surface area contributed by atoms with E-state index in [1.54, 1.807) is 0 Å². The second-order valence-corrected chi connectivity index (χ2v) is 12.3. The minimum absolute atomic E-state index is 0.908. The van der Waals surface area contributed by atoms with Crippen LogP contribution in [-0.4, -0.2) is 9.55 Å². The molecule has 0 aliphatic heterocycles. The van der Waals surface area contributed by atoms with Gasteiger partial charge in [-0.15, -0.1) is 0 Å². The number of imidazole rings is 1. The van der Waals surface area contributed by atoms with Crippen molar-refractivity contribution in [1.82, 2.24) is 9.55 Å². The van der Waals surface area contributed by atoms with Crippen LogP contribution in [0.15, 0.2) is 174 Å². The molecule has 0 radical (unpaired) electrons. The van der Waals surface area contributed by atoms with E-state index in [-0.39, 0.29) is 0 Å². The molecule has 0 bridgehead atoms. The lowest BCUT2D eigenvalue weighted by Gasteiger charge is -2.19. The first kappa shape index (κ1) is 26.7. The summed E-state index contributed by atoms with van der Waals surface area (Å²) in [6, 6.07) is 60.1. The van der Waals surface area contributed by atoms with Crippen molar-refractivity contribution in [2.24, 2.45) is 0 Å². The molecular formula is C45H28N2O. The van der Waals surface area contributed by atoms with E-state index in [1.165, 1.54) is 27.1 Å². The minimum atomic E-state index is 0.908. The molecule has 0 aliphatic rings. The van der Waals surface area contributed by atoms with Crippen LogP contribution < -0.4 is 0 Å². The molecule has 10 aromatic rings. The number of para-hydroxylation sites is 5. The predicted octanol–water partition coefficient (Wildman–Crippen LogP) is 12.2. The predicted molar refractivity (Wildman–Crippen MR) is 200 cm³/mol. The highest BCUT2D eigenvalue weighted by Crippen LogP contribution is 2.45. The summed E-state index contributed by atoms with van der Waals surface area (Å²) in [5.41, 5.74) is 10.7. The molecule has 0 aliphatic carbocycles. The number of furan rings is 1. The Morgan fingerprint density at radius 1 is 0.438 bits per heavy atom. The highest BCUT2D eigenvalue weighted by Gasteiger charge is 2.22. The Kier molecular flexibility index (Phi) is 5.87. The van der Waals surface area contributed by atoms with Crippen LogP contribution in [0.2, 0.25) is 0 Å². The van der Waals surface area contributed by atoms with Crippen LogP contribution in [0.4, 0.5) is 0 Å². The maximum atomic E-state index is 6.45. The lowest BCUT2D eigenvalue weighted by molar-refractivity contribution is 0.670. The van der Waals surface area contributed by atoms with Crippen LogP contribution in [0, 0.1) is 0 Å². The van der Waals surface area contributed by atoms with Gasteiger partial charge in [-0.1, -0.05) is 133 Å². The van der Waals surface area contributed by atoms with Gasteiger partial charge in [-0.25, -0.2) is 4.98 Å². The van der Waals surface area contributed by atoms with Crippen molar-refractivity contribution in [2.75, 3.05) is 0 Å². The lowest BCUT2D eigenvalue weighted by atomic mass is 9.87. The van der Waals surface area contributed by atoms with E-state index in [4.69, 9.17) is 9.40 Å². The fourth-order valence-corrected chi connectivity index (χ4v) is 7.53. The van der Waals surface area contributed by atoms with E-state index in [1.807, 2.05) is 12.1 Å². The van der Waals surface area contributed by atoms with Gasteiger partial charge < -0.3 is 4.42 Å². The third-order valence-electron chi connectivity index (χ3n) is 9.60. The first-order chi connectivity index (χ1) is 23.8. The molecule has 48 heavy (non-hydrogen) atoms. The van der Waals surface area contributed by atoms with E-state index in [9.17, 15) is 0 Å². The molecule has 0 atom stereocenters. The quantitative estimate of drug-likeness (QED) is 0.185. The van der Waals surface area contributed by atoms with Crippen molar-refractivity contribution in [2.45, 2.75) is 0 Å². The van der Waals surface area contributed by atoms with E-state index >= 15 is 0 Å². The topological polar surface area (TPSA) is 31.0 Å². The normalized spacial score (nSPS) is 11.8. The summed E-state index contributed by atoms with van der Waals surface area (Å²) in [5.74, 6) is 0.937. The Balaban J connectivity index is 1.26. The van der Waals surface area contributed by atoms with Crippen LogP contribution in [0.1, 0.15) is 0 Å². The average molecular weight is 613 g/mol. The summed E-state index contributed by atoms with van der Waals surface area (Å²) < 4.78 is 8.76. The zero-order valence-electron chi connectivity index (χ0n) is 26.0. The van der Waals surface area contributed by atoms with Gasteiger partial charge in [0.15, 0.2) is 0 Å². The largest absolute Gasteiger partial charge is 0.455 e. The second kappa shape index (κ2) is 10.5. The zero-order chi connectivity index (χ0) is 31.6. The van der Waals surface area contributed by atoms with Gasteiger partial charge in [-0.3, -0.25) is 4.57 Å². The summed E-state index contributed by atoms with van der Waals surface area (Å²) in [4.78, 5) is 5.32. The number of nitrogens with zero attached hydrogens (tertiary/aromatic N) is 2. The molecule has 224 valence electrons. The van der Waals surface area contributed by atoms with Gasteiger partial charge in [0.05, 0.1) is 11.0 Å². The Labute approximate surface area is 277 Å². The third-order valence-corrected chi connectivity index (χ3v) is 9.60.